The molecular formula is C21H31IN4S. The van der Waals surface area contributed by atoms with E-state index in [0.717, 1.165) is 45.0 Å². The molecule has 27 heavy (non-hydrogen) atoms. The van der Waals surface area contributed by atoms with Crippen LogP contribution in [0.15, 0.2) is 52.2 Å². The summed E-state index contributed by atoms with van der Waals surface area (Å²) in [6.07, 6.45) is 2.30. The van der Waals surface area contributed by atoms with Crippen molar-refractivity contribution in [2.24, 2.45) is 4.99 Å². The number of rotatable bonds is 6. The number of piperidine rings is 1. The Bertz CT molecular complexity index is 675. The van der Waals surface area contributed by atoms with Crippen LogP contribution in [0, 0.1) is 0 Å². The number of nitrogens with zero attached hydrogens (tertiary/aromatic N) is 2. The Balaban J connectivity index is 0.00000261. The van der Waals surface area contributed by atoms with E-state index in [1.54, 1.807) is 11.3 Å². The first-order valence-corrected chi connectivity index (χ1v) is 10.5. The lowest BCUT2D eigenvalue weighted by molar-refractivity contribution is 0.134. The zero-order valence-corrected chi connectivity index (χ0v) is 19.4. The topological polar surface area (TPSA) is 39.7 Å². The molecule has 1 aliphatic heterocycles. The van der Waals surface area contributed by atoms with Crippen LogP contribution in [0.25, 0.3) is 0 Å². The number of guanidine groups is 1. The van der Waals surface area contributed by atoms with E-state index in [2.05, 4.69) is 76.5 Å². The van der Waals surface area contributed by atoms with Gasteiger partial charge in [-0.25, -0.2) is 4.99 Å². The molecule has 2 heterocycles. The van der Waals surface area contributed by atoms with E-state index in [9.17, 15) is 0 Å². The summed E-state index contributed by atoms with van der Waals surface area (Å²) in [6.45, 7) is 8.25. The minimum Gasteiger partial charge on any atom is -0.357 e. The lowest BCUT2D eigenvalue weighted by Crippen LogP contribution is -2.51. The fourth-order valence-electron chi connectivity index (χ4n) is 3.47. The van der Waals surface area contributed by atoms with E-state index in [0.29, 0.717) is 12.1 Å². The minimum atomic E-state index is 0. The Morgan fingerprint density at radius 2 is 2.04 bits per heavy atom. The number of nitrogens with one attached hydrogen (secondary N) is 2. The van der Waals surface area contributed by atoms with Gasteiger partial charge in [0.1, 0.15) is 0 Å². The first-order valence-electron chi connectivity index (χ1n) is 9.58. The fourth-order valence-corrected chi connectivity index (χ4v) is 4.13. The van der Waals surface area contributed by atoms with Crippen LogP contribution in [0.5, 0.6) is 0 Å². The normalized spacial score (nSPS) is 20.7. The maximum atomic E-state index is 4.75. The highest BCUT2D eigenvalue weighted by Crippen LogP contribution is 2.20. The van der Waals surface area contributed by atoms with Crippen LogP contribution in [0.2, 0.25) is 0 Å². The second kappa shape index (κ2) is 11.7. The second-order valence-electron chi connectivity index (χ2n) is 7.00. The molecule has 0 radical (unpaired) electrons. The predicted octanol–water partition coefficient (Wildman–Crippen LogP) is 4.47. The summed E-state index contributed by atoms with van der Waals surface area (Å²) in [4.78, 5) is 7.34. The highest BCUT2D eigenvalue weighted by atomic mass is 127. The van der Waals surface area contributed by atoms with Gasteiger partial charge in [0.25, 0.3) is 0 Å². The highest BCUT2D eigenvalue weighted by molar-refractivity contribution is 14.0. The van der Waals surface area contributed by atoms with Crippen LogP contribution in [0.3, 0.4) is 0 Å². The number of benzene rings is 1. The van der Waals surface area contributed by atoms with Gasteiger partial charge >= 0.3 is 0 Å². The van der Waals surface area contributed by atoms with Gasteiger partial charge in [0.05, 0.1) is 6.54 Å². The maximum absolute atomic E-state index is 4.75. The number of hydrogen-bond acceptors (Lipinski definition) is 3. The summed E-state index contributed by atoms with van der Waals surface area (Å²) < 4.78 is 0. The SMILES string of the molecule is CCNC(=NCc1ccsc1)NC1CCN(Cc2ccccc2)C(C)C1.I. The van der Waals surface area contributed by atoms with E-state index in [1.807, 2.05) is 0 Å². The zero-order chi connectivity index (χ0) is 18.2. The largest absolute Gasteiger partial charge is 0.357 e. The Kier molecular flexibility index (Phi) is 9.58. The quantitative estimate of drug-likeness (QED) is 0.351. The Morgan fingerprint density at radius 3 is 2.70 bits per heavy atom. The first kappa shape index (κ1) is 22.2. The van der Waals surface area contributed by atoms with Crippen molar-refractivity contribution in [3.63, 3.8) is 0 Å². The molecule has 2 aromatic rings. The van der Waals surface area contributed by atoms with Crippen LogP contribution >= 0.6 is 35.3 Å². The molecule has 2 N–H and O–H groups in total. The van der Waals surface area contributed by atoms with Gasteiger partial charge in [-0.2, -0.15) is 11.3 Å². The molecule has 1 aliphatic rings. The van der Waals surface area contributed by atoms with Crippen LogP contribution in [-0.4, -0.2) is 36.0 Å². The number of halogens is 1. The van der Waals surface area contributed by atoms with Gasteiger partial charge in [0, 0.05) is 31.7 Å². The molecule has 2 unspecified atom stereocenters. The van der Waals surface area contributed by atoms with Crippen molar-refractivity contribution >= 4 is 41.3 Å². The summed E-state index contributed by atoms with van der Waals surface area (Å²) in [6, 6.07) is 14.0. The third kappa shape index (κ3) is 7.08. The molecule has 0 bridgehead atoms. The molecule has 1 fully saturated rings. The van der Waals surface area contributed by atoms with Crippen molar-refractivity contribution in [3.8, 4) is 0 Å². The average molecular weight is 498 g/mol. The Hall–Kier alpha value is -1.12. The zero-order valence-electron chi connectivity index (χ0n) is 16.2. The second-order valence-corrected chi connectivity index (χ2v) is 7.78. The molecule has 2 atom stereocenters. The maximum Gasteiger partial charge on any atom is 0.191 e. The van der Waals surface area contributed by atoms with Crippen LogP contribution in [-0.2, 0) is 13.1 Å². The molecular weight excluding hydrogens is 467 g/mol. The van der Waals surface area contributed by atoms with E-state index in [-0.39, 0.29) is 24.0 Å². The van der Waals surface area contributed by atoms with Gasteiger partial charge in [-0.05, 0) is 54.6 Å². The molecule has 6 heteroatoms. The average Bonchev–Trinajstić information content (AvgIpc) is 3.17. The first-order chi connectivity index (χ1) is 12.7. The van der Waals surface area contributed by atoms with Crippen LogP contribution < -0.4 is 10.6 Å². The summed E-state index contributed by atoms with van der Waals surface area (Å²) in [7, 11) is 0. The molecule has 0 amide bonds. The molecule has 0 spiro atoms. The molecule has 4 nitrogen and oxygen atoms in total. The van der Waals surface area contributed by atoms with Crippen molar-refractivity contribution in [1.29, 1.82) is 0 Å². The highest BCUT2D eigenvalue weighted by Gasteiger charge is 2.25. The van der Waals surface area contributed by atoms with E-state index < -0.39 is 0 Å². The molecule has 3 rings (SSSR count). The summed E-state index contributed by atoms with van der Waals surface area (Å²) in [5.41, 5.74) is 2.68. The molecule has 1 saturated heterocycles. The van der Waals surface area contributed by atoms with Gasteiger partial charge in [0.2, 0.25) is 0 Å². The van der Waals surface area contributed by atoms with Gasteiger partial charge in [-0.3, -0.25) is 4.90 Å². The molecule has 1 aromatic heterocycles. The van der Waals surface area contributed by atoms with Crippen molar-refractivity contribution in [1.82, 2.24) is 15.5 Å². The van der Waals surface area contributed by atoms with Crippen molar-refractivity contribution < 1.29 is 0 Å². The number of thiophene rings is 1. The standard InChI is InChI=1S/C21H30N4S.HI/c1-3-22-21(23-14-19-10-12-26-16-19)24-20-9-11-25(17(2)13-20)15-18-7-5-4-6-8-18;/h4-8,10,12,16-17,20H,3,9,11,13-15H2,1-2H3,(H2,22,23,24);1H. The van der Waals surface area contributed by atoms with Gasteiger partial charge < -0.3 is 10.6 Å². The lowest BCUT2D eigenvalue weighted by Gasteiger charge is -2.38. The molecule has 1 aromatic carbocycles. The van der Waals surface area contributed by atoms with Gasteiger partial charge in [-0.1, -0.05) is 30.3 Å². The fraction of sp³-hybridized carbons (Fsp3) is 0.476. The summed E-state index contributed by atoms with van der Waals surface area (Å²) in [5.74, 6) is 0.937. The van der Waals surface area contributed by atoms with Gasteiger partial charge in [-0.15, -0.1) is 24.0 Å². The lowest BCUT2D eigenvalue weighted by atomic mass is 9.97. The summed E-state index contributed by atoms with van der Waals surface area (Å²) >= 11 is 1.73. The summed E-state index contributed by atoms with van der Waals surface area (Å²) in [5, 5.41) is 11.3. The third-order valence-corrected chi connectivity index (χ3v) is 5.66. The minimum absolute atomic E-state index is 0. The van der Waals surface area contributed by atoms with Crippen LogP contribution in [0.4, 0.5) is 0 Å². The van der Waals surface area contributed by atoms with Crippen molar-refractivity contribution in [2.75, 3.05) is 13.1 Å². The third-order valence-electron chi connectivity index (χ3n) is 4.93. The number of aliphatic imine (C=N–C) groups is 1. The Labute approximate surface area is 184 Å². The molecule has 0 saturated carbocycles. The van der Waals surface area contributed by atoms with E-state index in [4.69, 9.17) is 4.99 Å². The van der Waals surface area contributed by atoms with E-state index >= 15 is 0 Å². The van der Waals surface area contributed by atoms with Crippen molar-refractivity contribution in [2.45, 2.75) is 51.9 Å². The smallest absolute Gasteiger partial charge is 0.191 e. The Morgan fingerprint density at radius 1 is 1.22 bits per heavy atom. The number of hydrogen-bond donors (Lipinski definition) is 2. The molecule has 148 valence electrons. The van der Waals surface area contributed by atoms with Crippen molar-refractivity contribution in [3.05, 3.63) is 58.3 Å². The number of likely N-dealkylation sites (tertiary alicyclic amines) is 1. The predicted molar refractivity (Wildman–Crippen MR) is 127 cm³/mol. The molecule has 0 aliphatic carbocycles. The van der Waals surface area contributed by atoms with Gasteiger partial charge in [0.15, 0.2) is 5.96 Å². The monoisotopic (exact) mass is 498 g/mol. The van der Waals surface area contributed by atoms with Crippen LogP contribution in [0.1, 0.15) is 37.8 Å². The van der Waals surface area contributed by atoms with E-state index in [1.165, 1.54) is 11.1 Å².